The zero-order chi connectivity index (χ0) is 12.0. The Kier molecular flexibility index (Phi) is 5.12. The number of oxime groups is 1. The highest BCUT2D eigenvalue weighted by Crippen LogP contribution is 2.28. The van der Waals surface area contributed by atoms with Gasteiger partial charge in [-0.05, 0) is 25.0 Å². The maximum absolute atomic E-state index is 9.73. The van der Waals surface area contributed by atoms with E-state index in [1.165, 1.54) is 0 Å². The van der Waals surface area contributed by atoms with Gasteiger partial charge in [-0.25, -0.2) is 0 Å². The van der Waals surface area contributed by atoms with E-state index in [4.69, 9.17) is 16.8 Å². The lowest BCUT2D eigenvalue weighted by atomic mass is 10.0. The number of hydrogen-bond acceptors (Lipinski definition) is 3. The van der Waals surface area contributed by atoms with Crippen LogP contribution >= 0.6 is 11.6 Å². The molecule has 0 saturated carbocycles. The summed E-state index contributed by atoms with van der Waals surface area (Å²) in [5, 5.41) is 22.2. The monoisotopic (exact) mass is 241 g/mol. The summed E-state index contributed by atoms with van der Waals surface area (Å²) < 4.78 is 0. The van der Waals surface area contributed by atoms with E-state index in [2.05, 4.69) is 12.1 Å². The molecule has 0 bridgehead atoms. The van der Waals surface area contributed by atoms with E-state index >= 15 is 0 Å². The van der Waals surface area contributed by atoms with Crippen molar-refractivity contribution in [2.75, 3.05) is 0 Å². The van der Waals surface area contributed by atoms with E-state index in [1.807, 2.05) is 0 Å². The molecule has 1 aromatic rings. The fourth-order valence-electron chi connectivity index (χ4n) is 1.53. The molecule has 3 nitrogen and oxygen atoms in total. The summed E-state index contributed by atoms with van der Waals surface area (Å²) in [7, 11) is 0. The second-order valence-corrected chi connectivity index (χ2v) is 4.05. The molecule has 4 heteroatoms. The summed E-state index contributed by atoms with van der Waals surface area (Å²) in [6.07, 6.45) is 3.74. The highest BCUT2D eigenvalue weighted by Gasteiger charge is 2.11. The molecule has 0 heterocycles. The number of phenols is 1. The van der Waals surface area contributed by atoms with Gasteiger partial charge in [0.15, 0.2) is 0 Å². The van der Waals surface area contributed by atoms with E-state index < -0.39 is 0 Å². The average molecular weight is 242 g/mol. The number of phenolic OH excluding ortho intramolecular Hbond substituents is 1. The lowest BCUT2D eigenvalue weighted by Crippen LogP contribution is -2.01. The first-order chi connectivity index (χ1) is 7.70. The zero-order valence-electron chi connectivity index (χ0n) is 9.28. The summed E-state index contributed by atoms with van der Waals surface area (Å²) in [4.78, 5) is 0. The molecule has 2 N–H and O–H groups in total. The largest absolute Gasteiger partial charge is 0.506 e. The second-order valence-electron chi connectivity index (χ2n) is 3.64. The molecule has 1 rings (SSSR count). The minimum atomic E-state index is -0.0199. The molecule has 16 heavy (non-hydrogen) atoms. The number of halogens is 1. The van der Waals surface area contributed by atoms with Crippen molar-refractivity contribution in [3.8, 4) is 5.75 Å². The van der Waals surface area contributed by atoms with E-state index in [0.717, 1.165) is 19.3 Å². The smallest absolute Gasteiger partial charge is 0.143 e. The van der Waals surface area contributed by atoms with Crippen molar-refractivity contribution >= 4 is 17.3 Å². The fraction of sp³-hybridized carbons (Fsp3) is 0.417. The summed E-state index contributed by atoms with van der Waals surface area (Å²) in [5.74, 6) is -0.0199. The predicted octanol–water partition coefficient (Wildman–Crippen LogP) is 3.80. The van der Waals surface area contributed by atoms with Gasteiger partial charge in [-0.3, -0.25) is 0 Å². The Labute approximate surface area is 100 Å². The van der Waals surface area contributed by atoms with Crippen LogP contribution in [0.4, 0.5) is 0 Å². The Balaban J connectivity index is 2.84. The number of para-hydroxylation sites is 1. The van der Waals surface area contributed by atoms with Crippen LogP contribution < -0.4 is 0 Å². The van der Waals surface area contributed by atoms with Crippen LogP contribution in [0.15, 0.2) is 23.4 Å². The van der Waals surface area contributed by atoms with E-state index in [0.29, 0.717) is 17.7 Å². The van der Waals surface area contributed by atoms with Gasteiger partial charge in [0.2, 0.25) is 0 Å². The van der Waals surface area contributed by atoms with Crippen molar-refractivity contribution in [2.24, 2.45) is 5.16 Å². The molecule has 1 aromatic carbocycles. The Hall–Kier alpha value is -1.22. The van der Waals surface area contributed by atoms with Gasteiger partial charge in [0.25, 0.3) is 0 Å². The van der Waals surface area contributed by atoms with Gasteiger partial charge >= 0.3 is 0 Å². The van der Waals surface area contributed by atoms with E-state index in [1.54, 1.807) is 18.2 Å². The van der Waals surface area contributed by atoms with E-state index in [9.17, 15) is 5.11 Å². The number of unbranched alkanes of at least 4 members (excludes halogenated alkanes) is 2. The normalized spacial score (nSPS) is 11.8. The lowest BCUT2D eigenvalue weighted by molar-refractivity contribution is 0.317. The molecule has 0 saturated heterocycles. The summed E-state index contributed by atoms with van der Waals surface area (Å²) >= 11 is 5.79. The Morgan fingerprint density at radius 3 is 2.75 bits per heavy atom. The third kappa shape index (κ3) is 3.14. The van der Waals surface area contributed by atoms with Crippen molar-refractivity contribution < 1.29 is 10.3 Å². The van der Waals surface area contributed by atoms with Gasteiger partial charge in [0.1, 0.15) is 5.75 Å². The molecule has 0 unspecified atom stereocenters. The molecule has 0 radical (unpaired) electrons. The van der Waals surface area contributed by atoms with Crippen molar-refractivity contribution in [1.29, 1.82) is 0 Å². The SMILES string of the molecule is CCCCCC(=NO)c1cccc(Cl)c1O. The molecule has 0 aliphatic carbocycles. The molecule has 0 aliphatic heterocycles. The summed E-state index contributed by atoms with van der Waals surface area (Å²) in [6.45, 7) is 2.10. The summed E-state index contributed by atoms with van der Waals surface area (Å²) in [6, 6.07) is 5.02. The van der Waals surface area contributed by atoms with Gasteiger partial charge in [0, 0.05) is 5.56 Å². The zero-order valence-corrected chi connectivity index (χ0v) is 10.0. The first-order valence-electron chi connectivity index (χ1n) is 5.39. The van der Waals surface area contributed by atoms with Crippen LogP contribution in [0.25, 0.3) is 0 Å². The fourth-order valence-corrected chi connectivity index (χ4v) is 1.70. The summed E-state index contributed by atoms with van der Waals surface area (Å²) in [5.41, 5.74) is 0.986. The predicted molar refractivity (Wildman–Crippen MR) is 65.6 cm³/mol. The Morgan fingerprint density at radius 1 is 1.38 bits per heavy atom. The maximum atomic E-state index is 9.73. The van der Waals surface area contributed by atoms with E-state index in [-0.39, 0.29) is 10.8 Å². The minimum absolute atomic E-state index is 0.0199. The topological polar surface area (TPSA) is 52.8 Å². The van der Waals surface area contributed by atoms with Gasteiger partial charge in [-0.2, -0.15) is 0 Å². The average Bonchev–Trinajstić information content (AvgIpc) is 2.29. The molecule has 88 valence electrons. The third-order valence-electron chi connectivity index (χ3n) is 2.44. The van der Waals surface area contributed by atoms with Gasteiger partial charge in [-0.1, -0.05) is 42.6 Å². The first-order valence-corrected chi connectivity index (χ1v) is 5.77. The van der Waals surface area contributed by atoms with Crippen LogP contribution in [0.2, 0.25) is 5.02 Å². The van der Waals surface area contributed by atoms with Crippen molar-refractivity contribution in [3.05, 3.63) is 28.8 Å². The second kappa shape index (κ2) is 6.38. The number of nitrogens with zero attached hydrogens (tertiary/aromatic N) is 1. The molecular weight excluding hydrogens is 226 g/mol. The molecule has 0 amide bonds. The quantitative estimate of drug-likeness (QED) is 0.357. The number of benzene rings is 1. The van der Waals surface area contributed by atoms with Crippen LogP contribution in [0.5, 0.6) is 5.75 Å². The Morgan fingerprint density at radius 2 is 2.12 bits per heavy atom. The standard InChI is InChI=1S/C12H16ClNO2/c1-2-3-4-8-11(14-16)9-6-5-7-10(13)12(9)15/h5-7,15-16H,2-4,8H2,1H3. The molecule has 0 spiro atoms. The first kappa shape index (κ1) is 12.8. The highest BCUT2D eigenvalue weighted by atomic mass is 35.5. The van der Waals surface area contributed by atoms with Gasteiger partial charge in [-0.15, -0.1) is 0 Å². The molecule has 0 fully saturated rings. The number of rotatable bonds is 5. The van der Waals surface area contributed by atoms with Crippen LogP contribution in [-0.4, -0.2) is 16.0 Å². The minimum Gasteiger partial charge on any atom is -0.506 e. The van der Waals surface area contributed by atoms with Crippen LogP contribution in [0, 0.1) is 0 Å². The Bertz CT molecular complexity index is 377. The van der Waals surface area contributed by atoms with Gasteiger partial charge < -0.3 is 10.3 Å². The number of aromatic hydroxyl groups is 1. The molecular formula is C12H16ClNO2. The third-order valence-corrected chi connectivity index (χ3v) is 2.74. The maximum Gasteiger partial charge on any atom is 0.143 e. The highest BCUT2D eigenvalue weighted by molar-refractivity contribution is 6.32. The van der Waals surface area contributed by atoms with Crippen LogP contribution in [0.3, 0.4) is 0 Å². The van der Waals surface area contributed by atoms with Crippen LogP contribution in [-0.2, 0) is 0 Å². The molecule has 0 aromatic heterocycles. The van der Waals surface area contributed by atoms with Gasteiger partial charge in [0.05, 0.1) is 10.7 Å². The molecule has 0 atom stereocenters. The van der Waals surface area contributed by atoms with Crippen molar-refractivity contribution in [3.63, 3.8) is 0 Å². The lowest BCUT2D eigenvalue weighted by Gasteiger charge is -2.07. The van der Waals surface area contributed by atoms with Crippen molar-refractivity contribution in [2.45, 2.75) is 32.6 Å². The molecule has 0 aliphatic rings. The number of hydrogen-bond donors (Lipinski definition) is 2. The van der Waals surface area contributed by atoms with Crippen molar-refractivity contribution in [1.82, 2.24) is 0 Å². The van der Waals surface area contributed by atoms with Crippen LogP contribution in [0.1, 0.15) is 38.2 Å².